The van der Waals surface area contributed by atoms with Gasteiger partial charge in [-0.2, -0.15) is 0 Å². The second-order valence-corrected chi connectivity index (χ2v) is 5.54. The van der Waals surface area contributed by atoms with Gasteiger partial charge in [0.1, 0.15) is 11.0 Å². The number of halogens is 4. The van der Waals surface area contributed by atoms with Gasteiger partial charge in [-0.25, -0.2) is 14.4 Å². The molecule has 0 unspecified atom stereocenters. The van der Waals surface area contributed by atoms with Gasteiger partial charge in [-0.15, -0.1) is 0 Å². The van der Waals surface area contributed by atoms with Crippen LogP contribution in [0.15, 0.2) is 22.7 Å². The number of benzene rings is 1. The molecular formula is C13H10BrCl2FN2. The lowest BCUT2D eigenvalue weighted by Crippen LogP contribution is -1.99. The number of aromatic nitrogens is 2. The van der Waals surface area contributed by atoms with E-state index in [9.17, 15) is 4.39 Å². The lowest BCUT2D eigenvalue weighted by Gasteiger charge is -2.08. The van der Waals surface area contributed by atoms with Crippen molar-refractivity contribution in [3.05, 3.63) is 44.4 Å². The van der Waals surface area contributed by atoms with Crippen LogP contribution in [0.2, 0.25) is 10.2 Å². The Kier molecular flexibility index (Phi) is 4.76. The Morgan fingerprint density at radius 3 is 2.63 bits per heavy atom. The molecule has 0 spiro atoms. The van der Waals surface area contributed by atoms with Gasteiger partial charge in [0, 0.05) is 5.56 Å². The number of nitrogens with zero attached hydrogens (tertiary/aromatic N) is 2. The maximum Gasteiger partial charge on any atom is 0.161 e. The summed E-state index contributed by atoms with van der Waals surface area (Å²) in [5, 5.41) is 0.393. The van der Waals surface area contributed by atoms with E-state index < -0.39 is 5.82 Å². The van der Waals surface area contributed by atoms with E-state index in [2.05, 4.69) is 25.9 Å². The van der Waals surface area contributed by atoms with Gasteiger partial charge in [0.25, 0.3) is 0 Å². The first kappa shape index (κ1) is 14.7. The van der Waals surface area contributed by atoms with Crippen molar-refractivity contribution in [3.8, 4) is 11.4 Å². The lowest BCUT2D eigenvalue weighted by atomic mass is 10.2. The molecule has 0 fully saturated rings. The van der Waals surface area contributed by atoms with E-state index >= 15 is 0 Å². The van der Waals surface area contributed by atoms with Crippen LogP contribution in [-0.2, 0) is 6.42 Å². The standard InChI is InChI=1S/C13H10BrCl2FN2/c1-2-3-10-11(14)12(16)19-13(18-10)7-4-5-8(15)9(17)6-7/h4-6H,2-3H2,1H3. The number of hydrogen-bond acceptors (Lipinski definition) is 2. The summed E-state index contributed by atoms with van der Waals surface area (Å²) < 4.78 is 14.2. The molecule has 0 amide bonds. The number of hydrogen-bond donors (Lipinski definition) is 0. The predicted molar refractivity (Wildman–Crippen MR) is 79.1 cm³/mol. The van der Waals surface area contributed by atoms with Crippen LogP contribution in [-0.4, -0.2) is 9.97 Å². The molecule has 0 aliphatic heterocycles. The predicted octanol–water partition coefficient (Wildman–Crippen LogP) is 5.30. The van der Waals surface area contributed by atoms with Gasteiger partial charge in [0.2, 0.25) is 0 Å². The summed E-state index contributed by atoms with van der Waals surface area (Å²) in [7, 11) is 0. The molecule has 0 bridgehead atoms. The quantitative estimate of drug-likeness (QED) is 0.691. The Morgan fingerprint density at radius 1 is 1.26 bits per heavy atom. The van der Waals surface area contributed by atoms with E-state index in [1.165, 1.54) is 12.1 Å². The van der Waals surface area contributed by atoms with Gasteiger partial charge in [-0.1, -0.05) is 36.5 Å². The zero-order chi connectivity index (χ0) is 14.0. The van der Waals surface area contributed by atoms with Crippen LogP contribution in [0, 0.1) is 5.82 Å². The molecule has 1 aromatic heterocycles. The highest BCUT2D eigenvalue weighted by Gasteiger charge is 2.12. The fourth-order valence-corrected chi connectivity index (χ4v) is 2.31. The normalized spacial score (nSPS) is 10.8. The summed E-state index contributed by atoms with van der Waals surface area (Å²) in [6.45, 7) is 2.05. The average molecular weight is 364 g/mol. The van der Waals surface area contributed by atoms with Gasteiger partial charge in [0.05, 0.1) is 15.2 Å². The highest BCUT2D eigenvalue weighted by molar-refractivity contribution is 9.10. The van der Waals surface area contributed by atoms with Crippen LogP contribution in [0.1, 0.15) is 19.0 Å². The van der Waals surface area contributed by atoms with E-state index in [-0.39, 0.29) is 5.02 Å². The minimum atomic E-state index is -0.501. The maximum absolute atomic E-state index is 13.5. The summed E-state index contributed by atoms with van der Waals surface area (Å²) in [6.07, 6.45) is 1.70. The zero-order valence-corrected chi connectivity index (χ0v) is 13.2. The van der Waals surface area contributed by atoms with Crippen molar-refractivity contribution in [3.63, 3.8) is 0 Å². The van der Waals surface area contributed by atoms with Crippen LogP contribution in [0.3, 0.4) is 0 Å². The van der Waals surface area contributed by atoms with Gasteiger partial charge >= 0.3 is 0 Å². The molecule has 0 aliphatic rings. The molecule has 2 aromatic rings. The van der Waals surface area contributed by atoms with Crippen molar-refractivity contribution < 1.29 is 4.39 Å². The van der Waals surface area contributed by atoms with E-state index in [0.29, 0.717) is 21.0 Å². The highest BCUT2D eigenvalue weighted by Crippen LogP contribution is 2.29. The van der Waals surface area contributed by atoms with E-state index in [4.69, 9.17) is 23.2 Å². The minimum Gasteiger partial charge on any atom is -0.232 e. The summed E-state index contributed by atoms with van der Waals surface area (Å²) in [6, 6.07) is 4.45. The largest absolute Gasteiger partial charge is 0.232 e. The van der Waals surface area contributed by atoms with Crippen LogP contribution < -0.4 is 0 Å². The molecule has 0 radical (unpaired) electrons. The van der Waals surface area contributed by atoms with Crippen LogP contribution >= 0.6 is 39.1 Å². The molecule has 1 aromatic carbocycles. The van der Waals surface area contributed by atoms with E-state index in [1.54, 1.807) is 6.07 Å². The Bertz CT molecular complexity index is 620. The molecule has 0 atom stereocenters. The van der Waals surface area contributed by atoms with Crippen molar-refractivity contribution in [1.82, 2.24) is 9.97 Å². The fraction of sp³-hybridized carbons (Fsp3) is 0.231. The first-order valence-electron chi connectivity index (χ1n) is 5.70. The highest BCUT2D eigenvalue weighted by atomic mass is 79.9. The van der Waals surface area contributed by atoms with Crippen LogP contribution in [0.25, 0.3) is 11.4 Å². The third kappa shape index (κ3) is 3.25. The monoisotopic (exact) mass is 362 g/mol. The van der Waals surface area contributed by atoms with Gasteiger partial charge in [-0.3, -0.25) is 0 Å². The maximum atomic E-state index is 13.5. The molecule has 2 nitrogen and oxygen atoms in total. The molecule has 0 N–H and O–H groups in total. The molecule has 0 saturated carbocycles. The van der Waals surface area contributed by atoms with Crippen molar-refractivity contribution in [2.45, 2.75) is 19.8 Å². The van der Waals surface area contributed by atoms with Crippen LogP contribution in [0.4, 0.5) is 4.39 Å². The molecule has 1 heterocycles. The lowest BCUT2D eigenvalue weighted by molar-refractivity contribution is 0.628. The Labute approximate surface area is 129 Å². The smallest absolute Gasteiger partial charge is 0.161 e. The summed E-state index contributed by atoms with van der Waals surface area (Å²) in [5.41, 5.74) is 1.36. The van der Waals surface area contributed by atoms with Crippen molar-refractivity contribution >= 4 is 39.1 Å². The Balaban J connectivity index is 2.52. The third-order valence-corrected chi connectivity index (χ3v) is 4.19. The average Bonchev–Trinajstić information content (AvgIpc) is 2.38. The molecule has 2 rings (SSSR count). The molecule has 100 valence electrons. The topological polar surface area (TPSA) is 25.8 Å². The van der Waals surface area contributed by atoms with Crippen LogP contribution in [0.5, 0.6) is 0 Å². The zero-order valence-electron chi connectivity index (χ0n) is 10.1. The SMILES string of the molecule is CCCc1nc(-c2ccc(Cl)c(F)c2)nc(Cl)c1Br. The molecule has 6 heteroatoms. The number of aryl methyl sites for hydroxylation is 1. The summed E-state index contributed by atoms with van der Waals surface area (Å²) >= 11 is 15.1. The fourth-order valence-electron chi connectivity index (χ4n) is 1.63. The van der Waals surface area contributed by atoms with Crippen molar-refractivity contribution in [2.24, 2.45) is 0 Å². The Morgan fingerprint density at radius 2 is 2.00 bits per heavy atom. The summed E-state index contributed by atoms with van der Waals surface area (Å²) in [5.74, 6) is -0.105. The second-order valence-electron chi connectivity index (χ2n) is 3.98. The van der Waals surface area contributed by atoms with E-state index in [1.807, 2.05) is 6.92 Å². The van der Waals surface area contributed by atoms with Gasteiger partial charge < -0.3 is 0 Å². The minimum absolute atomic E-state index is 0.0701. The molecule has 0 aliphatic carbocycles. The first-order chi connectivity index (χ1) is 9.02. The van der Waals surface area contributed by atoms with Crippen molar-refractivity contribution in [2.75, 3.05) is 0 Å². The third-order valence-electron chi connectivity index (χ3n) is 2.54. The van der Waals surface area contributed by atoms with Gasteiger partial charge in [-0.05, 0) is 40.5 Å². The Hall–Kier alpha value is -0.710. The second kappa shape index (κ2) is 6.16. The van der Waals surface area contributed by atoms with Crippen molar-refractivity contribution in [1.29, 1.82) is 0 Å². The van der Waals surface area contributed by atoms with Gasteiger partial charge in [0.15, 0.2) is 5.82 Å². The first-order valence-corrected chi connectivity index (χ1v) is 7.25. The van der Waals surface area contributed by atoms with E-state index in [0.717, 1.165) is 18.5 Å². The summed E-state index contributed by atoms with van der Waals surface area (Å²) in [4.78, 5) is 8.57. The molecular weight excluding hydrogens is 354 g/mol. The molecule has 19 heavy (non-hydrogen) atoms. The molecule has 0 saturated heterocycles. The number of rotatable bonds is 3.